The van der Waals surface area contributed by atoms with Gasteiger partial charge in [-0.05, 0) is 205 Å². The largest absolute Gasteiger partial charge is 0.495 e. The third-order valence-electron chi connectivity index (χ3n) is 18.5. The Labute approximate surface area is 449 Å². The predicted octanol–water partition coefficient (Wildman–Crippen LogP) is 15.5. The highest BCUT2D eigenvalue weighted by Crippen LogP contribution is 2.43. The molecule has 402 valence electrons. The molecule has 74 heavy (non-hydrogen) atoms. The second-order valence-corrected chi connectivity index (χ2v) is 22.9. The number of methoxy groups -OCH3 is 1. The fraction of sp³-hybridized carbons (Fsp3) is 0.537. The predicted molar refractivity (Wildman–Crippen MR) is 312 cm³/mol. The Hall–Kier alpha value is -4.53. The van der Waals surface area contributed by atoms with Gasteiger partial charge in [-0.15, -0.1) is 0 Å². The summed E-state index contributed by atoms with van der Waals surface area (Å²) in [4.78, 5) is 11.6. The molecular weight excluding hydrogens is 912 g/mol. The van der Waals surface area contributed by atoms with Crippen LogP contribution >= 0.6 is 0 Å². The lowest BCUT2D eigenvalue weighted by atomic mass is 9.67. The number of carbonyl (C=O) groups is 1. The van der Waals surface area contributed by atoms with Crippen molar-refractivity contribution in [3.8, 4) is 11.1 Å². The summed E-state index contributed by atoms with van der Waals surface area (Å²) in [6, 6.07) is 35.9. The normalized spacial score (nSPS) is 14.7. The number of benzene rings is 5. The zero-order valence-corrected chi connectivity index (χ0v) is 49.0. The summed E-state index contributed by atoms with van der Waals surface area (Å²) in [5.74, 6) is -0.222. The van der Waals surface area contributed by atoms with Gasteiger partial charge < -0.3 is 24.3 Å². The zero-order valence-electron chi connectivity index (χ0n) is 49.0. The Morgan fingerprint density at radius 1 is 0.514 bits per heavy atom. The SMILES string of the molecule is CCC(O)(CC)CCc1ccc(C(CC)(CC)c2ccc(-c3ccc(CC(=O)OC)cc3)c(C)c2)cc1C.CCC(O)(CC)CCc1ccc(C(CC)(CC)c2ccc(B3OC(C)(C)C(C)(C)O3)c(C)c2)cc1C. The van der Waals surface area contributed by atoms with Crippen molar-refractivity contribution in [2.75, 3.05) is 7.11 Å². The maximum absolute atomic E-state index is 11.6. The number of aryl methyl sites for hydroxylation is 6. The van der Waals surface area contributed by atoms with E-state index < -0.39 is 11.2 Å². The first-order chi connectivity index (χ1) is 34.9. The fourth-order valence-electron chi connectivity index (χ4n) is 11.5. The molecule has 0 spiro atoms. The molecule has 1 aliphatic rings. The second-order valence-electron chi connectivity index (χ2n) is 22.9. The van der Waals surface area contributed by atoms with E-state index in [0.29, 0.717) is 6.42 Å². The standard InChI is InChI=1S/C35H46O3.C32H49BO3/c1-8-34(37,9-2)21-20-28-16-17-30(22-25(28)5)35(10-3,11-4)31-18-19-32(26(6)23-31)29-14-12-27(13-15-29)24-33(36)38-7;1-11-31(34,12-2)20-19-25-15-16-26(21-23(25)5)32(13-3,14-4)27-17-18-28(24(6)22-27)33-35-29(7,8)30(9,10)36-33/h12-19,22-23,37H,8-11,20-21,24H2,1-7H3;15-18,21-22,34H,11-14,19-20H2,1-10H3. The van der Waals surface area contributed by atoms with Gasteiger partial charge in [-0.25, -0.2) is 0 Å². The number of ether oxygens (including phenoxy) is 1. The maximum Gasteiger partial charge on any atom is 0.495 e. The number of carbonyl (C=O) groups excluding carboxylic acids is 1. The van der Waals surface area contributed by atoms with Crippen molar-refractivity contribution in [2.45, 2.75) is 227 Å². The van der Waals surface area contributed by atoms with Crippen molar-refractivity contribution in [2.24, 2.45) is 0 Å². The minimum Gasteiger partial charge on any atom is -0.469 e. The maximum atomic E-state index is 11.6. The van der Waals surface area contributed by atoms with Crippen molar-refractivity contribution >= 4 is 18.6 Å². The molecule has 1 aliphatic heterocycles. The molecule has 5 aromatic rings. The summed E-state index contributed by atoms with van der Waals surface area (Å²) < 4.78 is 17.5. The molecule has 0 radical (unpaired) electrons. The molecule has 0 bridgehead atoms. The van der Waals surface area contributed by atoms with E-state index in [2.05, 4.69) is 196 Å². The molecule has 0 saturated carbocycles. The van der Waals surface area contributed by atoms with Gasteiger partial charge in [0.1, 0.15) is 0 Å². The van der Waals surface area contributed by atoms with Crippen molar-refractivity contribution in [3.63, 3.8) is 0 Å². The number of aliphatic hydroxyl groups is 2. The van der Waals surface area contributed by atoms with Crippen molar-refractivity contribution < 1.29 is 29.1 Å². The molecule has 0 unspecified atom stereocenters. The minimum atomic E-state index is -0.567. The van der Waals surface area contributed by atoms with Crippen LogP contribution in [0.25, 0.3) is 11.1 Å². The molecule has 1 fully saturated rings. The summed E-state index contributed by atoms with van der Waals surface area (Å²) in [5, 5.41) is 21.5. The van der Waals surface area contributed by atoms with Crippen LogP contribution in [0.4, 0.5) is 0 Å². The first-order valence-electron chi connectivity index (χ1n) is 28.3. The Balaban J connectivity index is 0.000000274. The highest BCUT2D eigenvalue weighted by Gasteiger charge is 2.52. The third-order valence-corrected chi connectivity index (χ3v) is 18.5. The Morgan fingerprint density at radius 2 is 0.892 bits per heavy atom. The van der Waals surface area contributed by atoms with E-state index in [-0.39, 0.29) is 35.1 Å². The second kappa shape index (κ2) is 25.1. The number of hydrogen-bond acceptors (Lipinski definition) is 6. The zero-order chi connectivity index (χ0) is 54.9. The molecular formula is C67H95BO6. The van der Waals surface area contributed by atoms with E-state index in [9.17, 15) is 15.0 Å². The third kappa shape index (κ3) is 13.2. The van der Waals surface area contributed by atoms with Crippen LogP contribution in [0, 0.1) is 27.7 Å². The van der Waals surface area contributed by atoms with Gasteiger partial charge in [-0.2, -0.15) is 0 Å². The first-order valence-corrected chi connectivity index (χ1v) is 28.3. The molecule has 0 aromatic heterocycles. The fourth-order valence-corrected chi connectivity index (χ4v) is 11.5. The first kappa shape index (κ1) is 60.3. The van der Waals surface area contributed by atoms with Gasteiger partial charge in [0.15, 0.2) is 0 Å². The lowest BCUT2D eigenvalue weighted by Crippen LogP contribution is -2.41. The van der Waals surface area contributed by atoms with Crippen LogP contribution in [0.2, 0.25) is 0 Å². The van der Waals surface area contributed by atoms with E-state index in [1.54, 1.807) is 0 Å². The summed E-state index contributed by atoms with van der Waals surface area (Å²) in [5.41, 5.74) is 15.7. The lowest BCUT2D eigenvalue weighted by Gasteiger charge is -2.34. The molecule has 7 heteroatoms. The van der Waals surface area contributed by atoms with Crippen molar-refractivity contribution in [3.05, 3.63) is 158 Å². The van der Waals surface area contributed by atoms with E-state index in [4.69, 9.17) is 14.0 Å². The topological polar surface area (TPSA) is 85.2 Å². The highest BCUT2D eigenvalue weighted by atomic mass is 16.7. The summed E-state index contributed by atoms with van der Waals surface area (Å²) in [6.45, 7) is 34.7. The van der Waals surface area contributed by atoms with Gasteiger partial charge in [0.2, 0.25) is 0 Å². The smallest absolute Gasteiger partial charge is 0.469 e. The Bertz CT molecular complexity index is 2610. The number of hydrogen-bond donors (Lipinski definition) is 2. The molecule has 2 N–H and O–H groups in total. The minimum absolute atomic E-state index is 0.0455. The molecule has 1 heterocycles. The van der Waals surface area contributed by atoms with Crippen LogP contribution in [0.5, 0.6) is 0 Å². The van der Waals surface area contributed by atoms with Crippen molar-refractivity contribution in [1.82, 2.24) is 0 Å². The van der Waals surface area contributed by atoms with Gasteiger partial charge in [0, 0.05) is 10.8 Å². The molecule has 6 nitrogen and oxygen atoms in total. The monoisotopic (exact) mass is 1010 g/mol. The van der Waals surface area contributed by atoms with Crippen molar-refractivity contribution in [1.29, 1.82) is 0 Å². The van der Waals surface area contributed by atoms with Crippen LogP contribution in [0.1, 0.15) is 208 Å². The Kier molecular flexibility index (Phi) is 20.5. The van der Waals surface area contributed by atoms with E-state index >= 15 is 0 Å². The van der Waals surface area contributed by atoms with Crippen LogP contribution in [0.3, 0.4) is 0 Å². The van der Waals surface area contributed by atoms with Gasteiger partial charge in [-0.1, -0.05) is 158 Å². The molecule has 1 saturated heterocycles. The summed E-state index contributed by atoms with van der Waals surface area (Å²) >= 11 is 0. The van der Waals surface area contributed by atoms with Crippen LogP contribution < -0.4 is 5.46 Å². The quantitative estimate of drug-likeness (QED) is 0.0531. The van der Waals surface area contributed by atoms with E-state index in [1.165, 1.54) is 68.3 Å². The molecule has 6 rings (SSSR count). The number of esters is 1. The number of rotatable bonds is 22. The van der Waals surface area contributed by atoms with E-state index in [1.807, 2.05) is 12.1 Å². The van der Waals surface area contributed by atoms with Gasteiger partial charge in [0.25, 0.3) is 0 Å². The molecule has 0 atom stereocenters. The van der Waals surface area contributed by atoms with Gasteiger partial charge >= 0.3 is 13.1 Å². The van der Waals surface area contributed by atoms with Crippen LogP contribution in [-0.2, 0) is 48.9 Å². The average molecular weight is 1010 g/mol. The summed E-state index contributed by atoms with van der Waals surface area (Å²) in [6.07, 6.45) is 11.0. The van der Waals surface area contributed by atoms with Gasteiger partial charge in [-0.3, -0.25) is 4.79 Å². The van der Waals surface area contributed by atoms with Crippen LogP contribution in [0.15, 0.2) is 97.1 Å². The summed E-state index contributed by atoms with van der Waals surface area (Å²) in [7, 11) is 1.08. The Morgan fingerprint density at radius 3 is 1.24 bits per heavy atom. The average Bonchev–Trinajstić information content (AvgIpc) is 3.61. The molecule has 5 aromatic carbocycles. The molecule has 0 amide bonds. The lowest BCUT2D eigenvalue weighted by molar-refractivity contribution is -0.139. The van der Waals surface area contributed by atoms with E-state index in [0.717, 1.165) is 93.6 Å². The highest BCUT2D eigenvalue weighted by molar-refractivity contribution is 6.62. The molecule has 0 aliphatic carbocycles. The van der Waals surface area contributed by atoms with Crippen LogP contribution in [-0.4, -0.2) is 52.8 Å². The van der Waals surface area contributed by atoms with Gasteiger partial charge in [0.05, 0.1) is 35.9 Å².